The van der Waals surface area contributed by atoms with Crippen molar-refractivity contribution >= 4 is 11.7 Å². The summed E-state index contributed by atoms with van der Waals surface area (Å²) >= 11 is 0. The van der Waals surface area contributed by atoms with Crippen molar-refractivity contribution in [1.82, 2.24) is 0 Å². The van der Waals surface area contributed by atoms with E-state index in [-0.39, 0.29) is 11.8 Å². The molecule has 0 fully saturated rings. The van der Waals surface area contributed by atoms with Gasteiger partial charge in [-0.1, -0.05) is 18.2 Å². The molecule has 0 saturated carbocycles. The van der Waals surface area contributed by atoms with Crippen molar-refractivity contribution in [2.75, 3.05) is 25.1 Å². The normalized spacial score (nSPS) is 15.3. The summed E-state index contributed by atoms with van der Waals surface area (Å²) in [5, 5.41) is 9.67. The highest BCUT2D eigenvalue weighted by Crippen LogP contribution is 2.43. The van der Waals surface area contributed by atoms with Gasteiger partial charge in [0, 0.05) is 30.4 Å². The number of nitriles is 1. The lowest BCUT2D eigenvalue weighted by Gasteiger charge is -2.29. The minimum Gasteiger partial charge on any atom is -0.465 e. The summed E-state index contributed by atoms with van der Waals surface area (Å²) in [4.78, 5) is 13.9. The second-order valence-electron chi connectivity index (χ2n) is 6.43. The molecule has 2 aromatic carbocycles. The molecule has 144 valence electrons. The third-order valence-electron chi connectivity index (χ3n) is 5.00. The van der Waals surface area contributed by atoms with Crippen LogP contribution in [-0.2, 0) is 4.74 Å². The molecule has 6 heteroatoms. The zero-order valence-electron chi connectivity index (χ0n) is 16.2. The quantitative estimate of drug-likeness (QED) is 0.802. The molecule has 2 aromatic rings. The van der Waals surface area contributed by atoms with Crippen LogP contribution in [0.15, 0.2) is 53.9 Å². The van der Waals surface area contributed by atoms with E-state index in [2.05, 4.69) is 24.8 Å². The average molecular weight is 377 g/mol. The molecule has 3 rings (SSSR count). The molecule has 6 nitrogen and oxygen atoms in total. The number of nitrogens with two attached hydrogens (primary N) is 1. The van der Waals surface area contributed by atoms with Gasteiger partial charge in [-0.25, -0.2) is 4.79 Å². The van der Waals surface area contributed by atoms with E-state index in [0.717, 1.165) is 29.9 Å². The maximum atomic E-state index is 11.7. The summed E-state index contributed by atoms with van der Waals surface area (Å²) in [5.74, 6) is -0.0127. The number of allylic oxidation sites excluding steroid dienone is 1. The first-order chi connectivity index (χ1) is 13.5. The molecular formula is C22H23N3O3. The molecule has 0 unspecified atom stereocenters. The van der Waals surface area contributed by atoms with Crippen LogP contribution >= 0.6 is 0 Å². The number of rotatable bonds is 5. The van der Waals surface area contributed by atoms with Crippen molar-refractivity contribution in [3.8, 4) is 11.8 Å². The average Bonchev–Trinajstić information content (AvgIpc) is 2.73. The maximum Gasteiger partial charge on any atom is 0.337 e. The van der Waals surface area contributed by atoms with E-state index < -0.39 is 5.97 Å². The van der Waals surface area contributed by atoms with E-state index in [1.165, 1.54) is 7.11 Å². The van der Waals surface area contributed by atoms with Crippen molar-refractivity contribution in [3.63, 3.8) is 0 Å². The van der Waals surface area contributed by atoms with Crippen LogP contribution in [0.2, 0.25) is 0 Å². The minimum atomic E-state index is -0.404. The second kappa shape index (κ2) is 8.05. The topological polar surface area (TPSA) is 88.6 Å². The van der Waals surface area contributed by atoms with Crippen molar-refractivity contribution in [2.24, 2.45) is 5.73 Å². The largest absolute Gasteiger partial charge is 0.465 e. The van der Waals surface area contributed by atoms with Gasteiger partial charge in [-0.2, -0.15) is 5.26 Å². The van der Waals surface area contributed by atoms with E-state index in [9.17, 15) is 10.1 Å². The van der Waals surface area contributed by atoms with Crippen LogP contribution in [0, 0.1) is 11.3 Å². The Bertz CT molecular complexity index is 954. The standard InChI is InChI=1S/C22H23N3O3/c1-4-25(5-2)16-10-11-17-19(12-16)28-21(24)18(13-23)20(17)14-6-8-15(9-7-14)22(26)27-3/h6-12,20H,4-5,24H2,1-3H3/t20-/m0/s1. The zero-order valence-corrected chi connectivity index (χ0v) is 16.2. The highest BCUT2D eigenvalue weighted by Gasteiger charge is 2.31. The number of esters is 1. The van der Waals surface area contributed by atoms with Gasteiger partial charge in [-0.15, -0.1) is 0 Å². The van der Waals surface area contributed by atoms with Crippen molar-refractivity contribution < 1.29 is 14.3 Å². The molecule has 0 aliphatic carbocycles. The molecule has 1 aliphatic heterocycles. The van der Waals surface area contributed by atoms with E-state index in [1.807, 2.05) is 30.3 Å². The fourth-order valence-electron chi connectivity index (χ4n) is 3.50. The van der Waals surface area contributed by atoms with Crippen LogP contribution in [0.4, 0.5) is 5.69 Å². The molecule has 28 heavy (non-hydrogen) atoms. The molecule has 2 N–H and O–H groups in total. The van der Waals surface area contributed by atoms with Gasteiger partial charge in [-0.05, 0) is 37.6 Å². The van der Waals surface area contributed by atoms with Crippen LogP contribution in [0.3, 0.4) is 0 Å². The number of benzene rings is 2. The van der Waals surface area contributed by atoms with E-state index >= 15 is 0 Å². The summed E-state index contributed by atoms with van der Waals surface area (Å²) in [6.45, 7) is 5.94. The predicted octanol–water partition coefficient (Wildman–Crippen LogP) is 3.54. The zero-order chi connectivity index (χ0) is 20.3. The van der Waals surface area contributed by atoms with Crippen LogP contribution in [0.1, 0.15) is 41.3 Å². The van der Waals surface area contributed by atoms with Crippen LogP contribution in [0.25, 0.3) is 0 Å². The van der Waals surface area contributed by atoms with Gasteiger partial charge in [0.2, 0.25) is 5.88 Å². The first-order valence-electron chi connectivity index (χ1n) is 9.18. The van der Waals surface area contributed by atoms with Crippen LogP contribution in [-0.4, -0.2) is 26.2 Å². The Morgan fingerprint density at radius 3 is 2.46 bits per heavy atom. The Kier molecular flexibility index (Phi) is 5.55. The monoisotopic (exact) mass is 377 g/mol. The Morgan fingerprint density at radius 1 is 1.21 bits per heavy atom. The molecule has 1 heterocycles. The number of anilines is 1. The number of nitrogens with zero attached hydrogens (tertiary/aromatic N) is 2. The van der Waals surface area contributed by atoms with Crippen molar-refractivity contribution in [2.45, 2.75) is 19.8 Å². The lowest BCUT2D eigenvalue weighted by Crippen LogP contribution is -2.24. The van der Waals surface area contributed by atoms with Crippen molar-refractivity contribution in [1.29, 1.82) is 5.26 Å². The molecular weight excluding hydrogens is 354 g/mol. The van der Waals surface area contributed by atoms with E-state index in [4.69, 9.17) is 15.2 Å². The first kappa shape index (κ1) is 19.3. The first-order valence-corrected chi connectivity index (χ1v) is 9.18. The Morgan fingerprint density at radius 2 is 1.89 bits per heavy atom. The van der Waals surface area contributed by atoms with Gasteiger partial charge in [0.1, 0.15) is 17.4 Å². The summed E-state index contributed by atoms with van der Waals surface area (Å²) in [6, 6.07) is 15.1. The SMILES string of the molecule is CCN(CC)c1ccc2c(c1)OC(N)=C(C#N)[C@H]2c1ccc(C(=O)OC)cc1. The third-order valence-corrected chi connectivity index (χ3v) is 5.00. The number of ether oxygens (including phenoxy) is 2. The summed E-state index contributed by atoms with van der Waals surface area (Å²) in [5.41, 5.74) is 9.64. The molecule has 0 radical (unpaired) electrons. The molecule has 1 aliphatic rings. The highest BCUT2D eigenvalue weighted by atomic mass is 16.5. The number of hydrogen-bond donors (Lipinski definition) is 1. The number of fused-ring (bicyclic) bond motifs is 1. The Hall–Kier alpha value is -3.46. The third kappa shape index (κ3) is 3.39. The lowest BCUT2D eigenvalue weighted by molar-refractivity contribution is 0.0600. The van der Waals surface area contributed by atoms with Gasteiger partial charge >= 0.3 is 5.97 Å². The number of hydrogen-bond acceptors (Lipinski definition) is 6. The Balaban J connectivity index is 2.08. The van der Waals surface area contributed by atoms with Gasteiger partial charge < -0.3 is 20.1 Å². The van der Waals surface area contributed by atoms with E-state index in [1.54, 1.807) is 12.1 Å². The van der Waals surface area contributed by atoms with Gasteiger partial charge in [-0.3, -0.25) is 0 Å². The number of carbonyl (C=O) groups excluding carboxylic acids is 1. The maximum absolute atomic E-state index is 11.7. The molecule has 0 aromatic heterocycles. The number of carbonyl (C=O) groups is 1. The lowest BCUT2D eigenvalue weighted by atomic mass is 9.83. The van der Waals surface area contributed by atoms with Gasteiger partial charge in [0.25, 0.3) is 0 Å². The minimum absolute atomic E-state index is 0.105. The summed E-state index contributed by atoms with van der Waals surface area (Å²) in [6.07, 6.45) is 0. The molecule has 0 bridgehead atoms. The highest BCUT2D eigenvalue weighted by molar-refractivity contribution is 5.89. The van der Waals surface area contributed by atoms with Gasteiger partial charge in [0.15, 0.2) is 0 Å². The molecule has 0 amide bonds. The van der Waals surface area contributed by atoms with Crippen LogP contribution in [0.5, 0.6) is 5.75 Å². The molecule has 0 spiro atoms. The second-order valence-corrected chi connectivity index (χ2v) is 6.43. The fourth-order valence-corrected chi connectivity index (χ4v) is 3.50. The van der Waals surface area contributed by atoms with Crippen molar-refractivity contribution in [3.05, 3.63) is 70.6 Å². The molecule has 1 atom stereocenters. The van der Waals surface area contributed by atoms with Gasteiger partial charge in [0.05, 0.1) is 18.6 Å². The van der Waals surface area contributed by atoms with Crippen LogP contribution < -0.4 is 15.4 Å². The summed E-state index contributed by atoms with van der Waals surface area (Å²) < 4.78 is 10.5. The summed E-state index contributed by atoms with van der Waals surface area (Å²) in [7, 11) is 1.34. The van der Waals surface area contributed by atoms with E-state index in [0.29, 0.717) is 16.9 Å². The fraction of sp³-hybridized carbons (Fsp3) is 0.273. The Labute approximate surface area is 164 Å². The predicted molar refractivity (Wildman–Crippen MR) is 107 cm³/mol. The number of methoxy groups -OCH3 is 1. The molecule has 0 saturated heterocycles. The smallest absolute Gasteiger partial charge is 0.337 e.